The molecule has 0 saturated heterocycles. The maximum absolute atomic E-state index is 9.98. The first kappa shape index (κ1) is 14.9. The van der Waals surface area contributed by atoms with E-state index in [1.165, 1.54) is 0 Å². The molecule has 0 fully saturated rings. The van der Waals surface area contributed by atoms with E-state index in [-0.39, 0.29) is 12.1 Å². The van der Waals surface area contributed by atoms with Crippen molar-refractivity contribution in [3.63, 3.8) is 0 Å². The molecule has 20 heavy (non-hydrogen) atoms. The fraction of sp³-hybridized carbons (Fsp3) is 0.294. The highest BCUT2D eigenvalue weighted by molar-refractivity contribution is 6.31. The summed E-state index contributed by atoms with van der Waals surface area (Å²) in [4.78, 5) is 0. The second-order valence-corrected chi connectivity index (χ2v) is 5.60. The van der Waals surface area contributed by atoms with E-state index in [1.807, 2.05) is 50.2 Å². The summed E-state index contributed by atoms with van der Waals surface area (Å²) in [7, 11) is 0. The van der Waals surface area contributed by atoms with Crippen molar-refractivity contribution in [2.45, 2.75) is 32.9 Å². The van der Waals surface area contributed by atoms with Crippen LogP contribution in [0.3, 0.4) is 0 Å². The second-order valence-electron chi connectivity index (χ2n) is 5.19. The number of hydrogen-bond donors (Lipinski definition) is 2. The Bertz CT molecular complexity index is 597. The monoisotopic (exact) mass is 289 g/mol. The Kier molecular flexibility index (Phi) is 4.69. The molecule has 2 aromatic carbocycles. The van der Waals surface area contributed by atoms with Gasteiger partial charge in [0.05, 0.1) is 0 Å². The van der Waals surface area contributed by atoms with Crippen LogP contribution in [0.15, 0.2) is 42.5 Å². The molecule has 0 aliphatic rings. The van der Waals surface area contributed by atoms with Gasteiger partial charge in [-0.15, -0.1) is 0 Å². The minimum atomic E-state index is 0.0428. The van der Waals surface area contributed by atoms with Gasteiger partial charge in [0.2, 0.25) is 0 Å². The lowest BCUT2D eigenvalue weighted by atomic mass is 10.0. The van der Waals surface area contributed by atoms with Crippen LogP contribution in [0.2, 0.25) is 5.02 Å². The van der Waals surface area contributed by atoms with E-state index in [4.69, 9.17) is 11.6 Å². The number of aryl methyl sites for hydroxylation is 1. The van der Waals surface area contributed by atoms with Crippen molar-refractivity contribution in [3.05, 3.63) is 64.2 Å². The van der Waals surface area contributed by atoms with Crippen LogP contribution in [0.25, 0.3) is 0 Å². The van der Waals surface area contributed by atoms with E-state index in [2.05, 4.69) is 12.2 Å². The summed E-state index contributed by atoms with van der Waals surface area (Å²) in [6.07, 6.45) is 0. The highest BCUT2D eigenvalue weighted by Crippen LogP contribution is 2.29. The van der Waals surface area contributed by atoms with Crippen molar-refractivity contribution in [2.24, 2.45) is 0 Å². The summed E-state index contributed by atoms with van der Waals surface area (Å²) in [6.45, 7) is 6.14. The van der Waals surface area contributed by atoms with Gasteiger partial charge in [-0.1, -0.05) is 47.5 Å². The lowest BCUT2D eigenvalue weighted by Crippen LogP contribution is -2.22. The Balaban J connectivity index is 2.17. The minimum absolute atomic E-state index is 0.0428. The third-order valence-corrected chi connectivity index (χ3v) is 3.87. The standard InChI is InChI=1S/C17H20ClNO/c1-11-8-9-17(20)15(10-11)13(3)19-12(2)14-6-4-5-7-16(14)18/h4-10,12-13,19-20H,1-3H3. The molecular weight excluding hydrogens is 270 g/mol. The lowest BCUT2D eigenvalue weighted by Gasteiger charge is -2.22. The van der Waals surface area contributed by atoms with Crippen molar-refractivity contribution in [1.82, 2.24) is 5.32 Å². The molecule has 2 nitrogen and oxygen atoms in total. The number of hydrogen-bond acceptors (Lipinski definition) is 2. The van der Waals surface area contributed by atoms with Gasteiger partial charge in [-0.3, -0.25) is 0 Å². The lowest BCUT2D eigenvalue weighted by molar-refractivity contribution is 0.438. The van der Waals surface area contributed by atoms with Gasteiger partial charge in [0.1, 0.15) is 5.75 Å². The van der Waals surface area contributed by atoms with E-state index in [0.29, 0.717) is 5.75 Å². The van der Waals surface area contributed by atoms with Crippen molar-refractivity contribution < 1.29 is 5.11 Å². The fourth-order valence-corrected chi connectivity index (χ4v) is 2.70. The molecule has 2 rings (SSSR count). The van der Waals surface area contributed by atoms with E-state index < -0.39 is 0 Å². The molecule has 0 amide bonds. The van der Waals surface area contributed by atoms with Crippen molar-refractivity contribution in [1.29, 1.82) is 0 Å². The molecule has 0 saturated carbocycles. The first-order chi connectivity index (χ1) is 9.49. The molecule has 0 aliphatic carbocycles. The van der Waals surface area contributed by atoms with Gasteiger partial charge in [0.15, 0.2) is 0 Å². The Labute approximate surface area is 125 Å². The zero-order chi connectivity index (χ0) is 14.7. The van der Waals surface area contributed by atoms with E-state index >= 15 is 0 Å². The Morgan fingerprint density at radius 1 is 1.00 bits per heavy atom. The predicted octanol–water partition coefficient (Wildman–Crippen LogP) is 4.77. The highest BCUT2D eigenvalue weighted by Gasteiger charge is 2.15. The highest BCUT2D eigenvalue weighted by atomic mass is 35.5. The number of phenols is 1. The van der Waals surface area contributed by atoms with Crippen molar-refractivity contribution >= 4 is 11.6 Å². The predicted molar refractivity (Wildman–Crippen MR) is 84.3 cm³/mol. The van der Waals surface area contributed by atoms with Crippen LogP contribution in [0.4, 0.5) is 0 Å². The number of halogens is 1. The van der Waals surface area contributed by atoms with Crippen LogP contribution in [0.5, 0.6) is 5.75 Å². The Morgan fingerprint density at radius 3 is 2.35 bits per heavy atom. The molecule has 2 aromatic rings. The maximum Gasteiger partial charge on any atom is 0.120 e. The fourth-order valence-electron chi connectivity index (χ4n) is 2.40. The van der Waals surface area contributed by atoms with Crippen LogP contribution in [-0.2, 0) is 0 Å². The number of benzene rings is 2. The molecule has 2 atom stereocenters. The summed E-state index contributed by atoms with van der Waals surface area (Å²) in [5.41, 5.74) is 3.11. The Morgan fingerprint density at radius 2 is 1.65 bits per heavy atom. The minimum Gasteiger partial charge on any atom is -0.508 e. The normalized spacial score (nSPS) is 14.0. The second kappa shape index (κ2) is 6.29. The SMILES string of the molecule is Cc1ccc(O)c(C(C)NC(C)c2ccccc2Cl)c1. The van der Waals surface area contributed by atoms with Crippen LogP contribution >= 0.6 is 11.6 Å². The van der Waals surface area contributed by atoms with Crippen LogP contribution < -0.4 is 5.32 Å². The summed E-state index contributed by atoms with van der Waals surface area (Å²) in [5.74, 6) is 0.321. The van der Waals surface area contributed by atoms with Gasteiger partial charge >= 0.3 is 0 Å². The summed E-state index contributed by atoms with van der Waals surface area (Å²) < 4.78 is 0. The molecule has 3 heteroatoms. The average molecular weight is 290 g/mol. The van der Waals surface area contributed by atoms with Gasteiger partial charge < -0.3 is 10.4 Å². The average Bonchev–Trinajstić information content (AvgIpc) is 2.41. The van der Waals surface area contributed by atoms with E-state index in [0.717, 1.165) is 21.7 Å². The third-order valence-electron chi connectivity index (χ3n) is 3.52. The third kappa shape index (κ3) is 3.33. The zero-order valence-electron chi connectivity index (χ0n) is 12.0. The molecule has 0 aromatic heterocycles. The zero-order valence-corrected chi connectivity index (χ0v) is 12.8. The molecule has 0 bridgehead atoms. The first-order valence-electron chi connectivity index (χ1n) is 6.79. The Hall–Kier alpha value is -1.51. The maximum atomic E-state index is 9.98. The summed E-state index contributed by atoms with van der Waals surface area (Å²) in [6, 6.07) is 13.6. The number of phenolic OH excluding ortho intramolecular Hbond substituents is 1. The van der Waals surface area contributed by atoms with Crippen molar-refractivity contribution in [3.8, 4) is 5.75 Å². The van der Waals surface area contributed by atoms with E-state index in [1.54, 1.807) is 6.07 Å². The van der Waals surface area contributed by atoms with Gasteiger partial charge in [-0.05, 0) is 38.5 Å². The van der Waals surface area contributed by atoms with Crippen LogP contribution in [0.1, 0.15) is 42.6 Å². The quantitative estimate of drug-likeness (QED) is 0.850. The molecule has 0 aliphatic heterocycles. The molecule has 106 valence electrons. The van der Waals surface area contributed by atoms with Gasteiger partial charge in [-0.25, -0.2) is 0 Å². The molecule has 2 N–H and O–H groups in total. The first-order valence-corrected chi connectivity index (χ1v) is 7.17. The summed E-state index contributed by atoms with van der Waals surface area (Å²) >= 11 is 6.22. The number of rotatable bonds is 4. The summed E-state index contributed by atoms with van der Waals surface area (Å²) in [5, 5.41) is 14.2. The van der Waals surface area contributed by atoms with Gasteiger partial charge in [0, 0.05) is 22.7 Å². The molecular formula is C17H20ClNO. The topological polar surface area (TPSA) is 32.3 Å². The van der Waals surface area contributed by atoms with E-state index in [9.17, 15) is 5.11 Å². The largest absolute Gasteiger partial charge is 0.508 e. The number of nitrogens with one attached hydrogen (secondary N) is 1. The molecule has 0 spiro atoms. The molecule has 0 heterocycles. The van der Waals surface area contributed by atoms with Crippen LogP contribution in [0, 0.1) is 6.92 Å². The van der Waals surface area contributed by atoms with Crippen LogP contribution in [-0.4, -0.2) is 5.11 Å². The smallest absolute Gasteiger partial charge is 0.120 e. The van der Waals surface area contributed by atoms with Crippen molar-refractivity contribution in [2.75, 3.05) is 0 Å². The van der Waals surface area contributed by atoms with Gasteiger partial charge in [-0.2, -0.15) is 0 Å². The molecule has 2 unspecified atom stereocenters. The number of aromatic hydroxyl groups is 1. The van der Waals surface area contributed by atoms with Gasteiger partial charge in [0.25, 0.3) is 0 Å². The molecule has 0 radical (unpaired) electrons.